The van der Waals surface area contributed by atoms with Crippen LogP contribution in [0.5, 0.6) is 0 Å². The molecule has 150 valence electrons. The van der Waals surface area contributed by atoms with Gasteiger partial charge in [0.1, 0.15) is 0 Å². The molecule has 1 unspecified atom stereocenters. The highest BCUT2D eigenvalue weighted by Gasteiger charge is 2.30. The van der Waals surface area contributed by atoms with Gasteiger partial charge in [-0.15, -0.1) is 24.0 Å². The second kappa shape index (κ2) is 10.5. The van der Waals surface area contributed by atoms with Gasteiger partial charge in [0.05, 0.1) is 5.56 Å². The van der Waals surface area contributed by atoms with Gasteiger partial charge in [0.2, 0.25) is 0 Å². The molecule has 0 aromatic heterocycles. The second-order valence-corrected chi connectivity index (χ2v) is 9.01. The van der Waals surface area contributed by atoms with Crippen LogP contribution in [-0.4, -0.2) is 46.2 Å². The molecule has 0 heterocycles. The highest BCUT2D eigenvalue weighted by molar-refractivity contribution is 14.0. The van der Waals surface area contributed by atoms with Gasteiger partial charge in [-0.25, -0.2) is 0 Å². The fourth-order valence-electron chi connectivity index (χ4n) is 2.09. The summed E-state index contributed by atoms with van der Waals surface area (Å²) in [4.78, 5) is 5.96. The lowest BCUT2D eigenvalue weighted by atomic mass is 10.1. The molecule has 9 heteroatoms. The van der Waals surface area contributed by atoms with Gasteiger partial charge in [0, 0.05) is 48.5 Å². The van der Waals surface area contributed by atoms with E-state index >= 15 is 0 Å². The topological polar surface area (TPSA) is 44.7 Å². The molecule has 1 aromatic carbocycles. The third kappa shape index (κ3) is 8.24. The minimum atomic E-state index is -4.33. The third-order valence-corrected chi connectivity index (χ3v) is 5.47. The van der Waals surface area contributed by atoms with Crippen molar-refractivity contribution in [2.45, 2.75) is 38.2 Å². The number of hydrogen-bond donors (Lipinski definition) is 1. The SMILES string of the molecule is CN=C(NCCS(=O)C(C)(C)C)N(C)Cc1ccc(C(F)(F)F)cc1.I. The van der Waals surface area contributed by atoms with E-state index in [0.29, 0.717) is 24.8 Å². The van der Waals surface area contributed by atoms with Gasteiger partial charge >= 0.3 is 6.18 Å². The van der Waals surface area contributed by atoms with Crippen LogP contribution in [0, 0.1) is 0 Å². The number of rotatable bonds is 5. The van der Waals surface area contributed by atoms with Crippen molar-refractivity contribution in [3.63, 3.8) is 0 Å². The zero-order chi connectivity index (χ0) is 19.3. The fraction of sp³-hybridized carbons (Fsp3) is 0.588. The Bertz CT molecular complexity index is 613. The standard InChI is InChI=1S/C17H26F3N3OS.HI/c1-16(2,3)25(24)11-10-22-15(21-4)23(5)12-13-6-8-14(9-7-13)17(18,19)20;/h6-9H,10-12H2,1-5H3,(H,21,22);1H. The number of nitrogens with one attached hydrogen (secondary N) is 1. The van der Waals surface area contributed by atoms with Crippen LogP contribution in [0.15, 0.2) is 29.3 Å². The van der Waals surface area contributed by atoms with Gasteiger partial charge in [-0.1, -0.05) is 12.1 Å². The van der Waals surface area contributed by atoms with Crippen molar-refractivity contribution in [3.05, 3.63) is 35.4 Å². The minimum Gasteiger partial charge on any atom is -0.355 e. The highest BCUT2D eigenvalue weighted by Crippen LogP contribution is 2.29. The minimum absolute atomic E-state index is 0. The quantitative estimate of drug-likeness (QED) is 0.376. The van der Waals surface area contributed by atoms with E-state index < -0.39 is 22.5 Å². The molecule has 0 amide bonds. The highest BCUT2D eigenvalue weighted by atomic mass is 127. The van der Waals surface area contributed by atoms with E-state index in [1.807, 2.05) is 25.7 Å². The number of nitrogens with zero attached hydrogens (tertiary/aromatic N) is 2. The number of halogens is 4. The molecule has 0 radical (unpaired) electrons. The van der Waals surface area contributed by atoms with Gasteiger partial charge in [-0.05, 0) is 38.5 Å². The predicted octanol–water partition coefficient (Wildman–Crippen LogP) is 3.88. The summed E-state index contributed by atoms with van der Waals surface area (Å²) in [6, 6.07) is 5.07. The van der Waals surface area contributed by atoms with Crippen LogP contribution >= 0.6 is 24.0 Å². The number of benzene rings is 1. The van der Waals surface area contributed by atoms with Crippen LogP contribution < -0.4 is 5.32 Å². The first kappa shape index (κ1) is 25.2. The molecule has 0 fully saturated rings. The maximum atomic E-state index is 12.6. The normalized spacial score (nSPS) is 13.8. The summed E-state index contributed by atoms with van der Waals surface area (Å²) < 4.78 is 49.5. The molecule has 0 saturated heterocycles. The summed E-state index contributed by atoms with van der Waals surface area (Å²) in [5.74, 6) is 1.10. The van der Waals surface area contributed by atoms with Crippen molar-refractivity contribution in [2.24, 2.45) is 4.99 Å². The van der Waals surface area contributed by atoms with Crippen molar-refractivity contribution < 1.29 is 17.4 Å². The van der Waals surface area contributed by atoms with E-state index in [-0.39, 0.29) is 28.7 Å². The molecule has 0 bridgehead atoms. The van der Waals surface area contributed by atoms with E-state index in [1.165, 1.54) is 12.1 Å². The second-order valence-electron chi connectivity index (χ2n) is 6.69. The lowest BCUT2D eigenvalue weighted by Gasteiger charge is -2.23. The van der Waals surface area contributed by atoms with Crippen molar-refractivity contribution in [3.8, 4) is 0 Å². The monoisotopic (exact) mass is 505 g/mol. The Kier molecular flexibility index (Phi) is 10.1. The first-order chi connectivity index (χ1) is 11.4. The molecule has 1 rings (SSSR count). The predicted molar refractivity (Wildman–Crippen MR) is 112 cm³/mol. The molecule has 0 aliphatic carbocycles. The van der Waals surface area contributed by atoms with Gasteiger partial charge < -0.3 is 10.2 Å². The van der Waals surface area contributed by atoms with Crippen LogP contribution in [0.2, 0.25) is 0 Å². The Hall–Kier alpha value is -0.840. The molecule has 1 N–H and O–H groups in total. The number of alkyl halides is 3. The van der Waals surface area contributed by atoms with E-state index in [1.54, 1.807) is 14.1 Å². The van der Waals surface area contributed by atoms with E-state index in [0.717, 1.165) is 17.7 Å². The lowest BCUT2D eigenvalue weighted by Crippen LogP contribution is -2.41. The fourth-order valence-corrected chi connectivity index (χ4v) is 2.99. The van der Waals surface area contributed by atoms with E-state index in [4.69, 9.17) is 0 Å². The summed E-state index contributed by atoms with van der Waals surface area (Å²) in [6.07, 6.45) is -4.33. The molecule has 1 aromatic rings. The Morgan fingerprint density at radius 2 is 1.73 bits per heavy atom. The smallest absolute Gasteiger partial charge is 0.355 e. The number of hydrogen-bond acceptors (Lipinski definition) is 2. The Morgan fingerprint density at radius 1 is 1.19 bits per heavy atom. The summed E-state index contributed by atoms with van der Waals surface area (Å²) in [5.41, 5.74) is 0.0859. The molecule has 0 saturated carbocycles. The Labute approximate surface area is 173 Å². The average Bonchev–Trinajstić information content (AvgIpc) is 2.49. The van der Waals surface area contributed by atoms with Gasteiger partial charge in [-0.3, -0.25) is 9.20 Å². The van der Waals surface area contributed by atoms with Crippen molar-refractivity contribution in [1.82, 2.24) is 10.2 Å². The molecule has 1 atom stereocenters. The first-order valence-corrected chi connectivity index (χ1v) is 9.23. The molecular formula is C17H27F3IN3OS. The summed E-state index contributed by atoms with van der Waals surface area (Å²) in [7, 11) is 2.47. The number of guanidine groups is 1. The maximum absolute atomic E-state index is 12.6. The first-order valence-electron chi connectivity index (χ1n) is 7.91. The van der Waals surface area contributed by atoms with Crippen molar-refractivity contribution >= 4 is 40.7 Å². The molecular weight excluding hydrogens is 478 g/mol. The lowest BCUT2D eigenvalue weighted by molar-refractivity contribution is -0.137. The van der Waals surface area contributed by atoms with E-state index in [2.05, 4.69) is 10.3 Å². The molecule has 4 nitrogen and oxygen atoms in total. The van der Waals surface area contributed by atoms with E-state index in [9.17, 15) is 17.4 Å². The van der Waals surface area contributed by atoms with Crippen molar-refractivity contribution in [1.29, 1.82) is 0 Å². The third-order valence-electron chi connectivity index (χ3n) is 3.53. The summed E-state index contributed by atoms with van der Waals surface area (Å²) in [6.45, 7) is 6.70. The molecule has 0 aliphatic heterocycles. The van der Waals surface area contributed by atoms with Gasteiger partial charge in [0.15, 0.2) is 5.96 Å². The Morgan fingerprint density at radius 3 is 2.15 bits per heavy atom. The summed E-state index contributed by atoms with van der Waals surface area (Å²) >= 11 is 0. The van der Waals surface area contributed by atoms with Gasteiger partial charge in [0.25, 0.3) is 0 Å². The molecule has 0 aliphatic rings. The molecule has 26 heavy (non-hydrogen) atoms. The van der Waals surface area contributed by atoms with Crippen LogP contribution in [0.25, 0.3) is 0 Å². The zero-order valence-electron chi connectivity index (χ0n) is 15.7. The zero-order valence-corrected chi connectivity index (χ0v) is 18.8. The van der Waals surface area contributed by atoms with Crippen LogP contribution in [0.1, 0.15) is 31.9 Å². The molecule has 0 spiro atoms. The summed E-state index contributed by atoms with van der Waals surface area (Å²) in [5, 5.41) is 3.13. The van der Waals surface area contributed by atoms with Crippen LogP contribution in [0.4, 0.5) is 13.2 Å². The average molecular weight is 505 g/mol. The number of aliphatic imine (C=N–C) groups is 1. The largest absolute Gasteiger partial charge is 0.416 e. The Balaban J connectivity index is 0.00000625. The maximum Gasteiger partial charge on any atom is 0.416 e. The van der Waals surface area contributed by atoms with Crippen molar-refractivity contribution in [2.75, 3.05) is 26.4 Å². The van der Waals surface area contributed by atoms with Gasteiger partial charge in [-0.2, -0.15) is 13.2 Å². The van der Waals surface area contributed by atoms with Crippen LogP contribution in [-0.2, 0) is 23.5 Å². The van der Waals surface area contributed by atoms with Crippen LogP contribution in [0.3, 0.4) is 0 Å².